The predicted octanol–water partition coefficient (Wildman–Crippen LogP) is 4.99. The molecule has 0 saturated carbocycles. The van der Waals surface area contributed by atoms with Crippen LogP contribution >= 0.6 is 22.9 Å². The van der Waals surface area contributed by atoms with Crippen molar-refractivity contribution in [1.29, 1.82) is 0 Å². The summed E-state index contributed by atoms with van der Waals surface area (Å²) in [5.41, 5.74) is 0. The van der Waals surface area contributed by atoms with Gasteiger partial charge in [-0.1, -0.05) is 17.7 Å². The lowest BCUT2D eigenvalue weighted by molar-refractivity contribution is 0.593. The zero-order valence-electron chi connectivity index (χ0n) is 7.93. The van der Waals surface area contributed by atoms with E-state index in [9.17, 15) is 8.78 Å². The van der Waals surface area contributed by atoms with Gasteiger partial charge in [-0.15, -0.1) is 11.3 Å². The zero-order valence-corrected chi connectivity index (χ0v) is 9.50. The normalized spacial score (nSPS) is 11.4. The minimum Gasteiger partial charge on any atom is -0.207 e. The molecule has 0 amide bonds. The summed E-state index contributed by atoms with van der Waals surface area (Å²) >= 11 is 7.14. The van der Waals surface area contributed by atoms with Crippen molar-refractivity contribution in [3.63, 3.8) is 0 Å². The molecule has 1 aromatic heterocycles. The Morgan fingerprint density at radius 1 is 1.00 bits per heavy atom. The molecule has 0 unspecified atom stereocenters. The summed E-state index contributed by atoms with van der Waals surface area (Å²) < 4.78 is 28.0. The van der Waals surface area contributed by atoms with Gasteiger partial charge < -0.3 is 0 Å². The number of halogens is 3. The second kappa shape index (κ2) is 3.40. The van der Waals surface area contributed by atoms with Crippen LogP contribution in [0.15, 0.2) is 30.3 Å². The van der Waals surface area contributed by atoms with Crippen molar-refractivity contribution >= 4 is 43.1 Å². The SMILES string of the molecule is Fc1cc(F)c2sc3cc(Cl)ccc3c2c1. The Morgan fingerprint density at radius 3 is 2.62 bits per heavy atom. The summed E-state index contributed by atoms with van der Waals surface area (Å²) in [6.45, 7) is 0. The standard InChI is InChI=1S/C12H5ClF2S/c13-6-1-2-8-9-4-7(14)5-10(15)12(9)16-11(8)3-6/h1-5H. The van der Waals surface area contributed by atoms with Crippen LogP contribution < -0.4 is 0 Å². The van der Waals surface area contributed by atoms with Crippen LogP contribution in [0.25, 0.3) is 20.2 Å². The molecule has 0 bridgehead atoms. The van der Waals surface area contributed by atoms with Gasteiger partial charge in [0.1, 0.15) is 11.6 Å². The maximum absolute atomic E-state index is 13.5. The lowest BCUT2D eigenvalue weighted by Crippen LogP contribution is -1.78. The summed E-state index contributed by atoms with van der Waals surface area (Å²) in [4.78, 5) is 0. The van der Waals surface area contributed by atoms with E-state index in [0.717, 1.165) is 16.2 Å². The monoisotopic (exact) mass is 254 g/mol. The number of hydrogen-bond acceptors (Lipinski definition) is 1. The highest BCUT2D eigenvalue weighted by molar-refractivity contribution is 7.25. The largest absolute Gasteiger partial charge is 0.207 e. The molecule has 0 saturated heterocycles. The molecule has 0 spiro atoms. The fraction of sp³-hybridized carbons (Fsp3) is 0. The zero-order chi connectivity index (χ0) is 11.3. The van der Waals surface area contributed by atoms with Gasteiger partial charge in [0.05, 0.1) is 4.70 Å². The maximum atomic E-state index is 13.5. The van der Waals surface area contributed by atoms with Gasteiger partial charge in [-0.05, 0) is 18.2 Å². The molecule has 1 heterocycles. The maximum Gasteiger partial charge on any atom is 0.143 e. The fourth-order valence-electron chi connectivity index (χ4n) is 1.78. The molecule has 0 aliphatic carbocycles. The highest BCUT2D eigenvalue weighted by Gasteiger charge is 2.10. The molecular formula is C12H5ClF2S. The van der Waals surface area contributed by atoms with E-state index < -0.39 is 11.6 Å². The molecule has 2 aromatic carbocycles. The van der Waals surface area contributed by atoms with Gasteiger partial charge in [0.15, 0.2) is 0 Å². The molecule has 3 aromatic rings. The second-order valence-corrected chi connectivity index (χ2v) is 5.00. The highest BCUT2D eigenvalue weighted by atomic mass is 35.5. The van der Waals surface area contributed by atoms with Crippen LogP contribution in [0.2, 0.25) is 5.02 Å². The van der Waals surface area contributed by atoms with Crippen molar-refractivity contribution in [2.24, 2.45) is 0 Å². The Morgan fingerprint density at radius 2 is 1.81 bits per heavy atom. The lowest BCUT2D eigenvalue weighted by Gasteiger charge is -1.94. The van der Waals surface area contributed by atoms with Crippen molar-refractivity contribution in [3.05, 3.63) is 47.0 Å². The number of benzene rings is 2. The molecule has 0 aliphatic heterocycles. The Labute approximate surface area is 99.1 Å². The van der Waals surface area contributed by atoms with E-state index >= 15 is 0 Å². The van der Waals surface area contributed by atoms with Crippen LogP contribution in [0.3, 0.4) is 0 Å². The van der Waals surface area contributed by atoms with Gasteiger partial charge in [0.2, 0.25) is 0 Å². The van der Waals surface area contributed by atoms with Gasteiger partial charge in [0, 0.05) is 26.6 Å². The molecule has 3 rings (SSSR count). The smallest absolute Gasteiger partial charge is 0.143 e. The number of fused-ring (bicyclic) bond motifs is 3. The Balaban J connectivity index is 2.55. The quantitative estimate of drug-likeness (QED) is 0.530. The summed E-state index contributed by atoms with van der Waals surface area (Å²) in [6.07, 6.45) is 0. The summed E-state index contributed by atoms with van der Waals surface area (Å²) in [5, 5.41) is 2.04. The van der Waals surface area contributed by atoms with Crippen LogP contribution in [-0.4, -0.2) is 0 Å². The molecule has 0 N–H and O–H groups in total. The average Bonchev–Trinajstić information content (AvgIpc) is 2.56. The van der Waals surface area contributed by atoms with Gasteiger partial charge in [-0.25, -0.2) is 8.78 Å². The highest BCUT2D eigenvalue weighted by Crippen LogP contribution is 2.36. The summed E-state index contributed by atoms with van der Waals surface area (Å²) in [7, 11) is 0. The van der Waals surface area contributed by atoms with Crippen LogP contribution in [0, 0.1) is 11.6 Å². The molecule has 0 atom stereocenters. The average molecular weight is 255 g/mol. The summed E-state index contributed by atoms with van der Waals surface area (Å²) in [6, 6.07) is 7.53. The van der Waals surface area contributed by atoms with Crippen molar-refractivity contribution in [1.82, 2.24) is 0 Å². The Kier molecular flexibility index (Phi) is 2.13. The Bertz CT molecular complexity index is 703. The number of rotatable bonds is 0. The van der Waals surface area contributed by atoms with E-state index in [1.807, 2.05) is 0 Å². The predicted molar refractivity (Wildman–Crippen MR) is 64.3 cm³/mol. The first-order valence-electron chi connectivity index (χ1n) is 4.62. The van der Waals surface area contributed by atoms with Crippen molar-refractivity contribution in [2.45, 2.75) is 0 Å². The molecule has 0 nitrogen and oxygen atoms in total. The van der Waals surface area contributed by atoms with Crippen molar-refractivity contribution < 1.29 is 8.78 Å². The molecule has 80 valence electrons. The van der Waals surface area contributed by atoms with E-state index in [-0.39, 0.29) is 0 Å². The van der Waals surface area contributed by atoms with Gasteiger partial charge in [0.25, 0.3) is 0 Å². The molecular weight excluding hydrogens is 250 g/mol. The van der Waals surface area contributed by atoms with Crippen LogP contribution in [0.4, 0.5) is 8.78 Å². The minimum atomic E-state index is -0.556. The molecule has 16 heavy (non-hydrogen) atoms. The first-order valence-corrected chi connectivity index (χ1v) is 5.81. The van der Waals surface area contributed by atoms with Crippen LogP contribution in [0.5, 0.6) is 0 Å². The first kappa shape index (κ1) is 10.00. The first-order chi connectivity index (χ1) is 7.65. The van der Waals surface area contributed by atoms with Gasteiger partial charge >= 0.3 is 0 Å². The molecule has 0 fully saturated rings. The van der Waals surface area contributed by atoms with E-state index in [1.54, 1.807) is 18.2 Å². The molecule has 0 aliphatic rings. The number of thiophene rings is 1. The van der Waals surface area contributed by atoms with Crippen LogP contribution in [-0.2, 0) is 0 Å². The van der Waals surface area contributed by atoms with E-state index in [2.05, 4.69) is 0 Å². The third-order valence-corrected chi connectivity index (χ3v) is 3.87. The van der Waals surface area contributed by atoms with E-state index in [0.29, 0.717) is 15.1 Å². The van der Waals surface area contributed by atoms with Crippen molar-refractivity contribution in [3.8, 4) is 0 Å². The van der Waals surface area contributed by atoms with Gasteiger partial charge in [-0.2, -0.15) is 0 Å². The van der Waals surface area contributed by atoms with E-state index in [1.165, 1.54) is 17.4 Å². The second-order valence-electron chi connectivity index (χ2n) is 3.51. The lowest BCUT2D eigenvalue weighted by atomic mass is 10.1. The third kappa shape index (κ3) is 1.39. The topological polar surface area (TPSA) is 0 Å². The van der Waals surface area contributed by atoms with Crippen molar-refractivity contribution in [2.75, 3.05) is 0 Å². The minimum absolute atomic E-state index is 0.471. The van der Waals surface area contributed by atoms with E-state index in [4.69, 9.17) is 11.6 Å². The third-order valence-electron chi connectivity index (χ3n) is 2.45. The molecule has 4 heteroatoms. The fourth-order valence-corrected chi connectivity index (χ4v) is 3.14. The summed E-state index contributed by atoms with van der Waals surface area (Å²) in [5.74, 6) is -1.08. The Hall–Kier alpha value is -1.19. The van der Waals surface area contributed by atoms with Gasteiger partial charge in [-0.3, -0.25) is 0 Å². The molecule has 0 radical (unpaired) electrons. The van der Waals surface area contributed by atoms with Crippen LogP contribution in [0.1, 0.15) is 0 Å². The number of hydrogen-bond donors (Lipinski definition) is 0.